The molecular weight excluding hydrogens is 282 g/mol. The van der Waals surface area contributed by atoms with Gasteiger partial charge in [0.1, 0.15) is 5.75 Å². The van der Waals surface area contributed by atoms with Crippen LogP contribution in [0.1, 0.15) is 57.9 Å². The Balaban J connectivity index is 1.40. The van der Waals surface area contributed by atoms with E-state index in [4.69, 9.17) is 4.74 Å². The summed E-state index contributed by atoms with van der Waals surface area (Å²) in [6.45, 7) is 6.18. The van der Waals surface area contributed by atoms with Crippen LogP contribution in [-0.4, -0.2) is 12.6 Å². The van der Waals surface area contributed by atoms with Gasteiger partial charge in [0.15, 0.2) is 0 Å². The summed E-state index contributed by atoms with van der Waals surface area (Å²) < 4.78 is 5.63. The van der Waals surface area contributed by atoms with Gasteiger partial charge < -0.3 is 10.1 Å². The highest BCUT2D eigenvalue weighted by atomic mass is 16.5. The first kappa shape index (κ1) is 15.5. The molecule has 1 aromatic carbocycles. The molecule has 1 N–H and O–H groups in total. The molecule has 23 heavy (non-hydrogen) atoms. The summed E-state index contributed by atoms with van der Waals surface area (Å²) in [7, 11) is 0. The van der Waals surface area contributed by atoms with Crippen molar-refractivity contribution in [3.8, 4) is 5.75 Å². The molecule has 0 unspecified atom stereocenters. The Morgan fingerprint density at radius 2 is 1.78 bits per heavy atom. The van der Waals surface area contributed by atoms with E-state index < -0.39 is 0 Å². The molecule has 5 rings (SSSR count). The van der Waals surface area contributed by atoms with Crippen molar-refractivity contribution in [1.29, 1.82) is 0 Å². The van der Waals surface area contributed by atoms with Crippen molar-refractivity contribution in [2.75, 3.05) is 6.61 Å². The highest BCUT2D eigenvalue weighted by molar-refractivity contribution is 5.28. The first-order valence-electron chi connectivity index (χ1n) is 9.62. The van der Waals surface area contributed by atoms with Gasteiger partial charge in [0, 0.05) is 12.6 Å². The van der Waals surface area contributed by atoms with Crippen LogP contribution in [0.5, 0.6) is 5.75 Å². The molecule has 0 saturated heterocycles. The zero-order valence-corrected chi connectivity index (χ0v) is 14.7. The van der Waals surface area contributed by atoms with Gasteiger partial charge in [-0.25, -0.2) is 0 Å². The molecule has 4 aliphatic rings. The molecule has 0 aromatic heterocycles. The van der Waals surface area contributed by atoms with Crippen molar-refractivity contribution in [1.82, 2.24) is 5.32 Å². The number of rotatable bonds is 6. The standard InChI is InChI=1S/C21H31NO/c1-3-23-20-6-4-5-16(10-20)14-22-15(2)21-11-17-7-18(12-21)9-19(8-17)13-21/h4-6,10,15,17-19,22H,3,7-9,11-14H2,1-2H3/t15-,17?,18?,19?,21?/m0/s1. The predicted molar refractivity (Wildman–Crippen MR) is 94.5 cm³/mol. The predicted octanol–water partition coefficient (Wildman–Crippen LogP) is 4.78. The Labute approximate surface area is 141 Å². The maximum absolute atomic E-state index is 5.63. The van der Waals surface area contributed by atoms with Crippen molar-refractivity contribution >= 4 is 0 Å². The van der Waals surface area contributed by atoms with E-state index >= 15 is 0 Å². The van der Waals surface area contributed by atoms with E-state index in [0.29, 0.717) is 11.5 Å². The molecule has 1 atom stereocenters. The van der Waals surface area contributed by atoms with E-state index in [0.717, 1.165) is 36.7 Å². The zero-order valence-electron chi connectivity index (χ0n) is 14.7. The van der Waals surface area contributed by atoms with E-state index in [1.807, 2.05) is 6.92 Å². The van der Waals surface area contributed by atoms with Crippen LogP contribution < -0.4 is 10.1 Å². The highest BCUT2D eigenvalue weighted by Crippen LogP contribution is 2.61. The van der Waals surface area contributed by atoms with Crippen LogP contribution in [0, 0.1) is 23.2 Å². The Kier molecular flexibility index (Phi) is 4.13. The number of hydrogen-bond donors (Lipinski definition) is 1. The first-order valence-corrected chi connectivity index (χ1v) is 9.62. The average Bonchev–Trinajstić information content (AvgIpc) is 2.52. The Morgan fingerprint density at radius 3 is 2.39 bits per heavy atom. The molecule has 126 valence electrons. The molecule has 0 radical (unpaired) electrons. The molecule has 0 heterocycles. The monoisotopic (exact) mass is 313 g/mol. The lowest BCUT2D eigenvalue weighted by Gasteiger charge is -2.59. The molecule has 4 saturated carbocycles. The van der Waals surface area contributed by atoms with Crippen molar-refractivity contribution in [3.05, 3.63) is 29.8 Å². The van der Waals surface area contributed by atoms with Crippen molar-refractivity contribution < 1.29 is 4.74 Å². The second-order valence-corrected chi connectivity index (χ2v) is 8.46. The van der Waals surface area contributed by atoms with E-state index in [1.54, 1.807) is 0 Å². The lowest BCUT2D eigenvalue weighted by atomic mass is 9.48. The molecular formula is C21H31NO. The van der Waals surface area contributed by atoms with Crippen LogP contribution in [0.3, 0.4) is 0 Å². The number of benzene rings is 1. The summed E-state index contributed by atoms with van der Waals surface area (Å²) >= 11 is 0. The summed E-state index contributed by atoms with van der Waals surface area (Å²) in [6, 6.07) is 9.18. The zero-order chi connectivity index (χ0) is 15.9. The fourth-order valence-electron chi connectivity index (χ4n) is 6.11. The van der Waals surface area contributed by atoms with Crippen LogP contribution >= 0.6 is 0 Å². The first-order chi connectivity index (χ1) is 11.2. The Hall–Kier alpha value is -1.02. The normalized spacial score (nSPS) is 36.2. The number of nitrogens with one attached hydrogen (secondary N) is 1. The lowest BCUT2D eigenvalue weighted by Crippen LogP contribution is -2.54. The number of hydrogen-bond acceptors (Lipinski definition) is 2. The van der Waals surface area contributed by atoms with Gasteiger partial charge in [-0.2, -0.15) is 0 Å². The topological polar surface area (TPSA) is 21.3 Å². The minimum Gasteiger partial charge on any atom is -0.494 e. The van der Waals surface area contributed by atoms with Crippen LogP contribution in [-0.2, 0) is 6.54 Å². The summed E-state index contributed by atoms with van der Waals surface area (Å²) in [4.78, 5) is 0. The van der Waals surface area contributed by atoms with Crippen molar-refractivity contribution in [2.24, 2.45) is 23.2 Å². The third kappa shape index (κ3) is 3.03. The summed E-state index contributed by atoms with van der Waals surface area (Å²) in [5.74, 6) is 4.10. The third-order valence-corrected chi connectivity index (χ3v) is 6.83. The fourth-order valence-corrected chi connectivity index (χ4v) is 6.11. The van der Waals surface area contributed by atoms with Gasteiger partial charge in [-0.05, 0) is 93.2 Å². The van der Waals surface area contributed by atoms with Crippen LogP contribution in [0.4, 0.5) is 0 Å². The van der Waals surface area contributed by atoms with Gasteiger partial charge in [-0.3, -0.25) is 0 Å². The molecule has 0 amide bonds. The SMILES string of the molecule is CCOc1cccc(CN[C@@H](C)C23CC4CC(CC(C4)C2)C3)c1. The van der Waals surface area contributed by atoms with Crippen LogP contribution in [0.2, 0.25) is 0 Å². The van der Waals surface area contributed by atoms with Crippen molar-refractivity contribution in [2.45, 2.75) is 65.0 Å². The quantitative estimate of drug-likeness (QED) is 0.816. The third-order valence-electron chi connectivity index (χ3n) is 6.83. The summed E-state index contributed by atoms with van der Waals surface area (Å²) in [5.41, 5.74) is 1.93. The molecule has 4 aliphatic carbocycles. The molecule has 1 aromatic rings. The lowest BCUT2D eigenvalue weighted by molar-refractivity contribution is -0.0706. The minimum absolute atomic E-state index is 0.590. The van der Waals surface area contributed by atoms with E-state index in [2.05, 4.69) is 36.5 Å². The number of ether oxygens (including phenoxy) is 1. The van der Waals surface area contributed by atoms with Crippen LogP contribution in [0.25, 0.3) is 0 Å². The Bertz CT molecular complexity index is 517. The smallest absolute Gasteiger partial charge is 0.119 e. The maximum Gasteiger partial charge on any atom is 0.119 e. The van der Waals surface area contributed by atoms with Gasteiger partial charge in [-0.15, -0.1) is 0 Å². The molecule has 2 heteroatoms. The second kappa shape index (κ2) is 6.12. The minimum atomic E-state index is 0.590. The second-order valence-electron chi connectivity index (χ2n) is 8.46. The molecule has 0 aliphatic heterocycles. The van der Waals surface area contributed by atoms with Crippen molar-refractivity contribution in [3.63, 3.8) is 0 Å². The maximum atomic E-state index is 5.63. The summed E-state index contributed by atoms with van der Waals surface area (Å²) in [5, 5.41) is 3.87. The van der Waals surface area contributed by atoms with Gasteiger partial charge in [-0.1, -0.05) is 12.1 Å². The molecule has 4 fully saturated rings. The fraction of sp³-hybridized carbons (Fsp3) is 0.714. The molecule has 0 spiro atoms. The van der Waals surface area contributed by atoms with Crippen LogP contribution in [0.15, 0.2) is 24.3 Å². The highest BCUT2D eigenvalue weighted by Gasteiger charge is 2.52. The average molecular weight is 313 g/mol. The largest absolute Gasteiger partial charge is 0.494 e. The van der Waals surface area contributed by atoms with E-state index in [-0.39, 0.29) is 0 Å². The van der Waals surface area contributed by atoms with E-state index in [9.17, 15) is 0 Å². The van der Waals surface area contributed by atoms with E-state index in [1.165, 1.54) is 44.1 Å². The molecule has 2 nitrogen and oxygen atoms in total. The van der Waals surface area contributed by atoms with Gasteiger partial charge >= 0.3 is 0 Å². The molecule has 4 bridgehead atoms. The van der Waals surface area contributed by atoms with Gasteiger partial charge in [0.25, 0.3) is 0 Å². The van der Waals surface area contributed by atoms with Gasteiger partial charge in [0.2, 0.25) is 0 Å². The van der Waals surface area contributed by atoms with Gasteiger partial charge in [0.05, 0.1) is 6.61 Å². The summed E-state index contributed by atoms with van der Waals surface area (Å²) in [6.07, 6.45) is 9.03. The Morgan fingerprint density at radius 1 is 1.13 bits per heavy atom.